The summed E-state index contributed by atoms with van der Waals surface area (Å²) in [6.45, 7) is 0. The van der Waals surface area contributed by atoms with Crippen molar-refractivity contribution in [1.29, 1.82) is 0 Å². The highest BCUT2D eigenvalue weighted by atomic mass is 35.5. The van der Waals surface area contributed by atoms with E-state index in [-0.39, 0.29) is 10.8 Å². The van der Waals surface area contributed by atoms with Crippen molar-refractivity contribution >= 4 is 29.3 Å². The van der Waals surface area contributed by atoms with Crippen molar-refractivity contribution in [3.05, 3.63) is 69.6 Å². The van der Waals surface area contributed by atoms with E-state index < -0.39 is 4.92 Å². The summed E-state index contributed by atoms with van der Waals surface area (Å²) in [5, 5.41) is 22.5. The van der Waals surface area contributed by atoms with Crippen molar-refractivity contribution in [3.8, 4) is 11.3 Å². The molecule has 2 heterocycles. The van der Waals surface area contributed by atoms with Gasteiger partial charge in [-0.1, -0.05) is 23.7 Å². The van der Waals surface area contributed by atoms with E-state index in [1.807, 2.05) is 0 Å². The average Bonchev–Trinajstić information content (AvgIpc) is 3.06. The zero-order valence-electron chi connectivity index (χ0n) is 12.1. The predicted molar refractivity (Wildman–Crippen MR) is 89.1 cm³/mol. The number of halogens is 1. The number of non-ortho nitro benzene ring substituents is 1. The van der Waals surface area contributed by atoms with E-state index in [1.54, 1.807) is 36.4 Å². The highest BCUT2D eigenvalue weighted by molar-refractivity contribution is 6.29. The Morgan fingerprint density at radius 2 is 2.08 bits per heavy atom. The fourth-order valence-electron chi connectivity index (χ4n) is 1.89. The second-order valence-corrected chi connectivity index (χ2v) is 5.01. The Morgan fingerprint density at radius 1 is 1.21 bits per heavy atom. The van der Waals surface area contributed by atoms with Crippen molar-refractivity contribution < 1.29 is 9.34 Å². The summed E-state index contributed by atoms with van der Waals surface area (Å²) in [7, 11) is 0. The summed E-state index contributed by atoms with van der Waals surface area (Å²) in [5.41, 5.74) is 3.29. The first-order valence-electron chi connectivity index (χ1n) is 6.75. The van der Waals surface area contributed by atoms with Gasteiger partial charge in [0.15, 0.2) is 11.0 Å². The molecule has 9 heteroatoms. The van der Waals surface area contributed by atoms with Crippen LogP contribution >= 0.6 is 11.6 Å². The third-order valence-electron chi connectivity index (χ3n) is 2.97. The van der Waals surface area contributed by atoms with Crippen LogP contribution in [0.15, 0.2) is 58.0 Å². The molecule has 3 rings (SSSR count). The van der Waals surface area contributed by atoms with Crippen LogP contribution in [-0.2, 0) is 0 Å². The van der Waals surface area contributed by atoms with Crippen LogP contribution in [0.5, 0.6) is 0 Å². The molecule has 0 saturated carbocycles. The molecule has 3 aromatic rings. The van der Waals surface area contributed by atoms with Crippen molar-refractivity contribution in [3.63, 3.8) is 0 Å². The number of anilines is 1. The highest BCUT2D eigenvalue weighted by Crippen LogP contribution is 2.25. The normalized spacial score (nSPS) is 10.9. The topological polar surface area (TPSA) is 106 Å². The van der Waals surface area contributed by atoms with E-state index >= 15 is 0 Å². The molecule has 0 aliphatic carbocycles. The van der Waals surface area contributed by atoms with E-state index in [4.69, 9.17) is 16.0 Å². The van der Waals surface area contributed by atoms with Crippen molar-refractivity contribution in [2.45, 2.75) is 0 Å². The molecule has 24 heavy (non-hydrogen) atoms. The van der Waals surface area contributed by atoms with E-state index in [0.29, 0.717) is 22.9 Å². The van der Waals surface area contributed by atoms with Gasteiger partial charge in [-0.3, -0.25) is 15.5 Å². The Balaban J connectivity index is 1.71. The van der Waals surface area contributed by atoms with Crippen LogP contribution < -0.4 is 5.43 Å². The summed E-state index contributed by atoms with van der Waals surface area (Å²) >= 11 is 5.64. The van der Waals surface area contributed by atoms with Crippen molar-refractivity contribution in [2.75, 3.05) is 5.43 Å². The number of aromatic nitrogens is 2. The lowest BCUT2D eigenvalue weighted by Crippen LogP contribution is -1.94. The van der Waals surface area contributed by atoms with Crippen LogP contribution in [0.3, 0.4) is 0 Å². The lowest BCUT2D eigenvalue weighted by atomic mass is 10.1. The van der Waals surface area contributed by atoms with Crippen LogP contribution in [-0.4, -0.2) is 21.3 Å². The molecule has 120 valence electrons. The standard InChI is InChI=1S/C15H10ClN5O3/c16-14-6-7-15(20-18-14)19-17-9-12-4-5-13(24-12)10-2-1-3-11(8-10)21(22)23/h1-9H,(H,19,20)/b17-9+. The number of benzene rings is 1. The fraction of sp³-hybridized carbons (Fsp3) is 0. The third kappa shape index (κ3) is 3.73. The van der Waals surface area contributed by atoms with Gasteiger partial charge in [0.1, 0.15) is 11.5 Å². The van der Waals surface area contributed by atoms with Gasteiger partial charge in [0.2, 0.25) is 0 Å². The van der Waals surface area contributed by atoms with Gasteiger partial charge >= 0.3 is 0 Å². The minimum atomic E-state index is -0.452. The minimum Gasteiger partial charge on any atom is -0.455 e. The first-order valence-corrected chi connectivity index (χ1v) is 7.12. The quantitative estimate of drug-likeness (QED) is 0.429. The molecule has 0 fully saturated rings. The Hall–Kier alpha value is -3.26. The predicted octanol–water partition coefficient (Wildman–Crippen LogP) is 3.74. The second kappa shape index (κ2) is 6.88. The summed E-state index contributed by atoms with van der Waals surface area (Å²) in [6.07, 6.45) is 1.46. The zero-order chi connectivity index (χ0) is 16.9. The van der Waals surface area contributed by atoms with Crippen LogP contribution in [0.4, 0.5) is 11.5 Å². The lowest BCUT2D eigenvalue weighted by Gasteiger charge is -1.97. The van der Waals surface area contributed by atoms with Crippen molar-refractivity contribution in [2.24, 2.45) is 5.10 Å². The molecule has 0 aliphatic heterocycles. The molecule has 0 saturated heterocycles. The van der Waals surface area contributed by atoms with Gasteiger partial charge in [0.05, 0.1) is 11.1 Å². The maximum atomic E-state index is 10.8. The number of furan rings is 1. The average molecular weight is 344 g/mol. The summed E-state index contributed by atoms with van der Waals surface area (Å²) in [4.78, 5) is 10.4. The molecule has 0 unspecified atom stereocenters. The number of rotatable bonds is 5. The molecule has 1 aromatic carbocycles. The monoisotopic (exact) mass is 343 g/mol. The van der Waals surface area contributed by atoms with E-state index in [1.165, 1.54) is 18.3 Å². The molecule has 0 bridgehead atoms. The SMILES string of the molecule is O=[N+]([O-])c1cccc(-c2ccc(/C=N/Nc3ccc(Cl)nn3)o2)c1. The molecular weight excluding hydrogens is 334 g/mol. The number of nitrogens with one attached hydrogen (secondary N) is 1. The maximum absolute atomic E-state index is 10.8. The first-order chi connectivity index (χ1) is 11.6. The van der Waals surface area contributed by atoms with Gasteiger partial charge in [-0.05, 0) is 24.3 Å². The largest absolute Gasteiger partial charge is 0.455 e. The molecule has 2 aromatic heterocycles. The van der Waals surface area contributed by atoms with E-state index in [2.05, 4.69) is 20.7 Å². The summed E-state index contributed by atoms with van der Waals surface area (Å²) in [5.74, 6) is 1.42. The number of hydrazone groups is 1. The van der Waals surface area contributed by atoms with Crippen LogP contribution in [0, 0.1) is 10.1 Å². The highest BCUT2D eigenvalue weighted by Gasteiger charge is 2.09. The van der Waals surface area contributed by atoms with Gasteiger partial charge in [0, 0.05) is 17.7 Å². The Kier molecular flexibility index (Phi) is 4.48. The smallest absolute Gasteiger partial charge is 0.270 e. The first kappa shape index (κ1) is 15.6. The molecule has 0 atom stereocenters. The number of nitro groups is 1. The fourth-order valence-corrected chi connectivity index (χ4v) is 1.99. The van der Waals surface area contributed by atoms with Crippen molar-refractivity contribution in [1.82, 2.24) is 10.2 Å². The van der Waals surface area contributed by atoms with E-state index in [0.717, 1.165) is 0 Å². The van der Waals surface area contributed by atoms with Gasteiger partial charge in [-0.15, -0.1) is 10.2 Å². The molecule has 0 radical (unpaired) electrons. The van der Waals surface area contributed by atoms with E-state index in [9.17, 15) is 10.1 Å². The summed E-state index contributed by atoms with van der Waals surface area (Å²) < 4.78 is 5.59. The molecule has 0 amide bonds. The number of hydrogen-bond donors (Lipinski definition) is 1. The molecule has 1 N–H and O–H groups in total. The number of nitrogens with zero attached hydrogens (tertiary/aromatic N) is 4. The Morgan fingerprint density at radius 3 is 2.83 bits per heavy atom. The lowest BCUT2D eigenvalue weighted by molar-refractivity contribution is -0.384. The molecule has 0 spiro atoms. The number of nitro benzene ring substituents is 1. The van der Waals surface area contributed by atoms with Gasteiger partial charge < -0.3 is 4.42 Å². The second-order valence-electron chi connectivity index (χ2n) is 4.62. The van der Waals surface area contributed by atoms with Crippen LogP contribution in [0.2, 0.25) is 5.15 Å². The maximum Gasteiger partial charge on any atom is 0.270 e. The van der Waals surface area contributed by atoms with Crippen LogP contribution in [0.25, 0.3) is 11.3 Å². The molecule has 0 aliphatic rings. The third-order valence-corrected chi connectivity index (χ3v) is 3.17. The Labute approximate surface area is 140 Å². The minimum absolute atomic E-state index is 0.00194. The molecular formula is C15H10ClN5O3. The summed E-state index contributed by atoms with van der Waals surface area (Å²) in [6, 6.07) is 12.8. The zero-order valence-corrected chi connectivity index (χ0v) is 12.8. The van der Waals surface area contributed by atoms with Gasteiger partial charge in [0.25, 0.3) is 5.69 Å². The van der Waals surface area contributed by atoms with Crippen LogP contribution in [0.1, 0.15) is 5.76 Å². The Bertz CT molecular complexity index is 892. The molecule has 8 nitrogen and oxygen atoms in total. The van der Waals surface area contributed by atoms with Gasteiger partial charge in [-0.2, -0.15) is 5.10 Å². The van der Waals surface area contributed by atoms with Gasteiger partial charge in [-0.25, -0.2) is 0 Å². The number of hydrogen-bond acceptors (Lipinski definition) is 7.